The van der Waals surface area contributed by atoms with E-state index in [0.29, 0.717) is 0 Å². The molecule has 0 spiro atoms. The van der Waals surface area contributed by atoms with Gasteiger partial charge in [0.2, 0.25) is 0 Å². The van der Waals surface area contributed by atoms with Gasteiger partial charge in [-0.05, 0) is 42.6 Å². The zero-order chi connectivity index (χ0) is 13.1. The molecule has 96 valence electrons. The lowest BCUT2D eigenvalue weighted by molar-refractivity contribution is 0.596. The molecule has 1 unspecified atom stereocenters. The first-order chi connectivity index (χ1) is 8.61. The number of halogens is 3. The Bertz CT molecular complexity index is 544. The maximum atomic E-state index is 13.0. The van der Waals surface area contributed by atoms with Crippen LogP contribution >= 0.6 is 38.9 Å². The lowest BCUT2D eigenvalue weighted by Gasteiger charge is -2.16. The van der Waals surface area contributed by atoms with Gasteiger partial charge in [0.1, 0.15) is 5.82 Å². The number of rotatable bonds is 4. The van der Waals surface area contributed by atoms with Gasteiger partial charge in [-0.1, -0.05) is 33.6 Å². The molecule has 1 aromatic heterocycles. The summed E-state index contributed by atoms with van der Waals surface area (Å²) in [6, 6.07) is 6.79. The molecular weight excluding hydrogens is 337 g/mol. The standard InChI is InChI=1S/C13H12BrClFNS/c1-17-12(13-11(15)4-5-18-13)6-8-2-3-9(16)7-10(8)14/h2-5,7,12,17H,6H2,1H3. The highest BCUT2D eigenvalue weighted by atomic mass is 79.9. The predicted molar refractivity (Wildman–Crippen MR) is 78.9 cm³/mol. The van der Waals surface area contributed by atoms with E-state index in [1.165, 1.54) is 12.1 Å². The zero-order valence-electron chi connectivity index (χ0n) is 9.71. The number of thiophene rings is 1. The number of benzene rings is 1. The lowest BCUT2D eigenvalue weighted by Crippen LogP contribution is -2.18. The maximum Gasteiger partial charge on any atom is 0.124 e. The summed E-state index contributed by atoms with van der Waals surface area (Å²) in [4.78, 5) is 1.11. The molecule has 2 rings (SSSR count). The van der Waals surface area contributed by atoms with Crippen LogP contribution in [0.4, 0.5) is 4.39 Å². The van der Waals surface area contributed by atoms with E-state index in [1.54, 1.807) is 17.4 Å². The summed E-state index contributed by atoms with van der Waals surface area (Å²) in [7, 11) is 1.90. The van der Waals surface area contributed by atoms with Gasteiger partial charge in [0.15, 0.2) is 0 Å². The Kier molecular flexibility index (Phi) is 4.78. The van der Waals surface area contributed by atoms with Gasteiger partial charge >= 0.3 is 0 Å². The van der Waals surface area contributed by atoms with Crippen molar-refractivity contribution in [3.05, 3.63) is 55.4 Å². The molecule has 18 heavy (non-hydrogen) atoms. The van der Waals surface area contributed by atoms with Gasteiger partial charge in [-0.15, -0.1) is 11.3 Å². The zero-order valence-corrected chi connectivity index (χ0v) is 12.9. The summed E-state index contributed by atoms with van der Waals surface area (Å²) in [6.07, 6.45) is 0.762. The Hall–Kier alpha value is -0.420. The molecule has 0 saturated heterocycles. The molecule has 1 atom stereocenters. The van der Waals surface area contributed by atoms with Crippen molar-refractivity contribution < 1.29 is 4.39 Å². The first-order valence-corrected chi connectivity index (χ1v) is 7.51. The first kappa shape index (κ1) is 14.0. The molecule has 1 heterocycles. The Balaban J connectivity index is 2.23. The van der Waals surface area contributed by atoms with Gasteiger partial charge in [-0.25, -0.2) is 4.39 Å². The van der Waals surface area contributed by atoms with Crippen LogP contribution in [0.2, 0.25) is 5.02 Å². The van der Waals surface area contributed by atoms with Gasteiger partial charge in [0.25, 0.3) is 0 Å². The maximum absolute atomic E-state index is 13.0. The van der Waals surface area contributed by atoms with E-state index in [1.807, 2.05) is 18.5 Å². The number of nitrogens with one attached hydrogen (secondary N) is 1. The van der Waals surface area contributed by atoms with E-state index < -0.39 is 0 Å². The summed E-state index contributed by atoms with van der Waals surface area (Å²) < 4.78 is 13.8. The van der Waals surface area contributed by atoms with E-state index in [4.69, 9.17) is 11.6 Å². The molecule has 5 heteroatoms. The number of likely N-dealkylation sites (N-methyl/N-ethyl adjacent to an activating group) is 1. The fourth-order valence-corrected chi connectivity index (χ4v) is 3.60. The van der Waals surface area contributed by atoms with E-state index in [-0.39, 0.29) is 11.9 Å². The summed E-state index contributed by atoms with van der Waals surface area (Å²) in [5, 5.41) is 6.00. The Morgan fingerprint density at radius 3 is 2.78 bits per heavy atom. The van der Waals surface area contributed by atoms with Crippen LogP contribution in [-0.2, 0) is 6.42 Å². The van der Waals surface area contributed by atoms with Crippen molar-refractivity contribution in [2.24, 2.45) is 0 Å². The minimum Gasteiger partial charge on any atom is -0.312 e. The van der Waals surface area contributed by atoms with Crippen LogP contribution < -0.4 is 5.32 Å². The third-order valence-corrected chi connectivity index (χ3v) is 4.96. The van der Waals surface area contributed by atoms with Crippen molar-refractivity contribution in [2.45, 2.75) is 12.5 Å². The van der Waals surface area contributed by atoms with Gasteiger partial charge in [0.05, 0.1) is 5.02 Å². The lowest BCUT2D eigenvalue weighted by atomic mass is 10.0. The summed E-state index contributed by atoms with van der Waals surface area (Å²) in [6.45, 7) is 0. The van der Waals surface area contributed by atoms with Gasteiger partial charge in [-0.3, -0.25) is 0 Å². The Labute approximate surface area is 123 Å². The second-order valence-electron chi connectivity index (χ2n) is 3.91. The topological polar surface area (TPSA) is 12.0 Å². The van der Waals surface area contributed by atoms with Crippen LogP contribution in [0, 0.1) is 5.82 Å². The van der Waals surface area contributed by atoms with Crippen LogP contribution in [0.3, 0.4) is 0 Å². The fourth-order valence-electron chi connectivity index (χ4n) is 1.79. The molecule has 1 N–H and O–H groups in total. The van der Waals surface area contributed by atoms with Crippen LogP contribution in [0.5, 0.6) is 0 Å². The minimum absolute atomic E-state index is 0.138. The molecular formula is C13H12BrClFNS. The van der Waals surface area contributed by atoms with Crippen LogP contribution in [0.1, 0.15) is 16.5 Å². The van der Waals surface area contributed by atoms with Crippen molar-refractivity contribution in [3.63, 3.8) is 0 Å². The Morgan fingerprint density at radius 1 is 1.44 bits per heavy atom. The van der Waals surface area contributed by atoms with Gasteiger partial charge < -0.3 is 5.32 Å². The normalized spacial score (nSPS) is 12.7. The predicted octanol–water partition coefficient (Wildman–Crippen LogP) is 4.81. The molecule has 0 aliphatic rings. The largest absolute Gasteiger partial charge is 0.312 e. The highest BCUT2D eigenvalue weighted by Gasteiger charge is 2.16. The average molecular weight is 349 g/mol. The third kappa shape index (κ3) is 3.12. The molecule has 0 aliphatic carbocycles. The van der Waals surface area contributed by atoms with Gasteiger partial charge in [0, 0.05) is 15.4 Å². The highest BCUT2D eigenvalue weighted by molar-refractivity contribution is 9.10. The van der Waals surface area contributed by atoms with Gasteiger partial charge in [-0.2, -0.15) is 0 Å². The SMILES string of the molecule is CNC(Cc1ccc(F)cc1Br)c1sccc1Cl. The van der Waals surface area contributed by atoms with Crippen molar-refractivity contribution in [1.82, 2.24) is 5.32 Å². The second kappa shape index (κ2) is 6.15. The summed E-state index contributed by atoms with van der Waals surface area (Å²) >= 11 is 11.2. The first-order valence-electron chi connectivity index (χ1n) is 5.46. The quantitative estimate of drug-likeness (QED) is 0.836. The molecule has 0 fully saturated rings. The minimum atomic E-state index is -0.235. The molecule has 0 bridgehead atoms. The molecule has 0 aliphatic heterocycles. The van der Waals surface area contributed by atoms with Crippen molar-refractivity contribution in [3.8, 4) is 0 Å². The Morgan fingerprint density at radius 2 is 2.22 bits per heavy atom. The van der Waals surface area contributed by atoms with Crippen LogP contribution in [0.15, 0.2) is 34.1 Å². The van der Waals surface area contributed by atoms with Crippen LogP contribution in [-0.4, -0.2) is 7.05 Å². The molecule has 0 amide bonds. The van der Waals surface area contributed by atoms with E-state index in [2.05, 4.69) is 21.2 Å². The van der Waals surface area contributed by atoms with E-state index in [9.17, 15) is 4.39 Å². The third-order valence-electron chi connectivity index (χ3n) is 2.75. The summed E-state index contributed by atoms with van der Waals surface area (Å²) in [5.41, 5.74) is 1.06. The molecule has 0 radical (unpaired) electrons. The summed E-state index contributed by atoms with van der Waals surface area (Å²) in [5.74, 6) is -0.235. The van der Waals surface area contributed by atoms with Crippen molar-refractivity contribution in [2.75, 3.05) is 7.05 Å². The monoisotopic (exact) mass is 347 g/mol. The average Bonchev–Trinajstić information content (AvgIpc) is 2.75. The molecule has 1 aromatic carbocycles. The second-order valence-corrected chi connectivity index (χ2v) is 6.12. The molecule has 1 nitrogen and oxygen atoms in total. The van der Waals surface area contributed by atoms with Crippen molar-refractivity contribution >= 4 is 38.9 Å². The smallest absolute Gasteiger partial charge is 0.124 e. The van der Waals surface area contributed by atoms with E-state index in [0.717, 1.165) is 26.4 Å². The van der Waals surface area contributed by atoms with Crippen molar-refractivity contribution in [1.29, 1.82) is 0 Å². The number of hydrogen-bond acceptors (Lipinski definition) is 2. The molecule has 0 saturated carbocycles. The fraction of sp³-hybridized carbons (Fsp3) is 0.231. The molecule has 2 aromatic rings. The van der Waals surface area contributed by atoms with Crippen LogP contribution in [0.25, 0.3) is 0 Å². The number of hydrogen-bond donors (Lipinski definition) is 1. The highest BCUT2D eigenvalue weighted by Crippen LogP contribution is 2.32. The van der Waals surface area contributed by atoms with E-state index >= 15 is 0 Å².